The van der Waals surface area contributed by atoms with E-state index in [0.717, 1.165) is 0 Å². The van der Waals surface area contributed by atoms with Crippen LogP contribution in [0.1, 0.15) is 6.42 Å². The Labute approximate surface area is 104 Å². The summed E-state index contributed by atoms with van der Waals surface area (Å²) in [6, 6.07) is 5.56. The van der Waals surface area contributed by atoms with Crippen molar-refractivity contribution in [2.75, 3.05) is 13.2 Å². The molecule has 0 heterocycles. The quantitative estimate of drug-likeness (QED) is 0.345. The third kappa shape index (κ3) is 4.65. The van der Waals surface area contributed by atoms with Gasteiger partial charge in [-0.1, -0.05) is 6.08 Å². The van der Waals surface area contributed by atoms with Gasteiger partial charge in [-0.3, -0.25) is 14.9 Å². The van der Waals surface area contributed by atoms with Crippen molar-refractivity contribution in [1.29, 1.82) is 0 Å². The van der Waals surface area contributed by atoms with Gasteiger partial charge in [-0.25, -0.2) is 0 Å². The number of rotatable bonds is 7. The SMILES string of the molecule is C=CCCNC(=O)COc1ccc([N+](=O)[O-])cc1. The fourth-order valence-electron chi connectivity index (χ4n) is 1.18. The van der Waals surface area contributed by atoms with Gasteiger partial charge < -0.3 is 10.1 Å². The Hall–Kier alpha value is -2.37. The highest BCUT2D eigenvalue weighted by Crippen LogP contribution is 2.16. The van der Waals surface area contributed by atoms with Crippen LogP contribution >= 0.6 is 0 Å². The molecule has 6 heteroatoms. The number of non-ortho nitro benzene ring substituents is 1. The lowest BCUT2D eigenvalue weighted by Crippen LogP contribution is -2.29. The van der Waals surface area contributed by atoms with Crippen LogP contribution in [0.2, 0.25) is 0 Å². The number of carbonyl (C=O) groups is 1. The van der Waals surface area contributed by atoms with Gasteiger partial charge in [-0.2, -0.15) is 0 Å². The molecule has 1 N–H and O–H groups in total. The number of carbonyl (C=O) groups excluding carboxylic acids is 1. The van der Waals surface area contributed by atoms with Gasteiger partial charge in [0, 0.05) is 18.7 Å². The van der Waals surface area contributed by atoms with Crippen molar-refractivity contribution in [3.05, 3.63) is 47.0 Å². The van der Waals surface area contributed by atoms with E-state index in [-0.39, 0.29) is 18.2 Å². The van der Waals surface area contributed by atoms with Crippen molar-refractivity contribution < 1.29 is 14.5 Å². The molecule has 1 rings (SSSR count). The van der Waals surface area contributed by atoms with Gasteiger partial charge in [0.05, 0.1) is 4.92 Å². The summed E-state index contributed by atoms with van der Waals surface area (Å²) >= 11 is 0. The summed E-state index contributed by atoms with van der Waals surface area (Å²) in [7, 11) is 0. The molecule has 0 bridgehead atoms. The maximum absolute atomic E-state index is 11.3. The number of ether oxygens (including phenoxy) is 1. The van der Waals surface area contributed by atoms with Crippen molar-refractivity contribution in [3.8, 4) is 5.75 Å². The number of nitrogens with zero attached hydrogens (tertiary/aromatic N) is 1. The van der Waals surface area contributed by atoms with E-state index < -0.39 is 4.92 Å². The molecule has 0 radical (unpaired) electrons. The second-order valence-electron chi connectivity index (χ2n) is 3.47. The molecular formula is C12H14N2O4. The van der Waals surface area contributed by atoms with Crippen molar-refractivity contribution in [3.63, 3.8) is 0 Å². The minimum Gasteiger partial charge on any atom is -0.484 e. The van der Waals surface area contributed by atoms with E-state index in [1.807, 2.05) is 0 Å². The fraction of sp³-hybridized carbons (Fsp3) is 0.250. The van der Waals surface area contributed by atoms with Crippen LogP contribution < -0.4 is 10.1 Å². The summed E-state index contributed by atoms with van der Waals surface area (Å²) in [5.74, 6) is 0.176. The number of hydrogen-bond donors (Lipinski definition) is 1. The van der Waals surface area contributed by atoms with Gasteiger partial charge in [0.15, 0.2) is 6.61 Å². The predicted octanol–water partition coefficient (Wildman–Crippen LogP) is 1.67. The number of hydrogen-bond acceptors (Lipinski definition) is 4. The molecule has 0 spiro atoms. The zero-order valence-corrected chi connectivity index (χ0v) is 9.80. The van der Waals surface area contributed by atoms with Gasteiger partial charge in [-0.15, -0.1) is 6.58 Å². The molecule has 0 fully saturated rings. The summed E-state index contributed by atoms with van der Waals surface area (Å²) in [6.07, 6.45) is 2.40. The number of benzene rings is 1. The van der Waals surface area contributed by atoms with Gasteiger partial charge in [0.1, 0.15) is 5.75 Å². The molecule has 18 heavy (non-hydrogen) atoms. The van der Waals surface area contributed by atoms with E-state index in [1.165, 1.54) is 24.3 Å². The minimum absolute atomic E-state index is 0.0159. The van der Waals surface area contributed by atoms with Crippen LogP contribution in [0.15, 0.2) is 36.9 Å². The molecule has 0 aliphatic rings. The van der Waals surface area contributed by atoms with Crippen LogP contribution in [-0.2, 0) is 4.79 Å². The fourth-order valence-corrected chi connectivity index (χ4v) is 1.18. The highest BCUT2D eigenvalue weighted by molar-refractivity contribution is 5.77. The summed E-state index contributed by atoms with van der Waals surface area (Å²) in [5.41, 5.74) is -0.0159. The van der Waals surface area contributed by atoms with Crippen LogP contribution in [0.5, 0.6) is 5.75 Å². The van der Waals surface area contributed by atoms with Crippen molar-refractivity contribution in [2.45, 2.75) is 6.42 Å². The van der Waals surface area contributed by atoms with Crippen LogP contribution in [0.4, 0.5) is 5.69 Å². The maximum Gasteiger partial charge on any atom is 0.269 e. The first-order chi connectivity index (χ1) is 8.63. The van der Waals surface area contributed by atoms with E-state index in [2.05, 4.69) is 11.9 Å². The molecule has 0 unspecified atom stereocenters. The number of amides is 1. The Morgan fingerprint density at radius 3 is 2.67 bits per heavy atom. The molecule has 0 aromatic heterocycles. The molecule has 1 amide bonds. The summed E-state index contributed by atoms with van der Waals surface area (Å²) in [5, 5.41) is 13.1. The van der Waals surface area contributed by atoms with E-state index >= 15 is 0 Å². The van der Waals surface area contributed by atoms with Gasteiger partial charge in [-0.05, 0) is 18.6 Å². The number of nitrogens with one attached hydrogen (secondary N) is 1. The Morgan fingerprint density at radius 2 is 2.11 bits per heavy atom. The summed E-state index contributed by atoms with van der Waals surface area (Å²) in [6.45, 7) is 3.94. The number of nitro benzene ring substituents is 1. The third-order valence-electron chi connectivity index (χ3n) is 2.09. The highest BCUT2D eigenvalue weighted by Gasteiger charge is 2.05. The molecule has 1 aromatic carbocycles. The Bertz CT molecular complexity index is 428. The molecule has 0 aliphatic heterocycles. The van der Waals surface area contributed by atoms with Crippen molar-refractivity contribution in [1.82, 2.24) is 5.32 Å². The summed E-state index contributed by atoms with van der Waals surface area (Å²) < 4.78 is 5.17. The minimum atomic E-state index is -0.494. The smallest absolute Gasteiger partial charge is 0.269 e. The highest BCUT2D eigenvalue weighted by atomic mass is 16.6. The third-order valence-corrected chi connectivity index (χ3v) is 2.09. The Kier molecular flexibility index (Phi) is 5.37. The van der Waals surface area contributed by atoms with E-state index in [4.69, 9.17) is 4.74 Å². The Morgan fingerprint density at radius 1 is 1.44 bits per heavy atom. The first-order valence-electron chi connectivity index (χ1n) is 5.38. The van der Waals surface area contributed by atoms with E-state index in [1.54, 1.807) is 6.08 Å². The van der Waals surface area contributed by atoms with Crippen molar-refractivity contribution >= 4 is 11.6 Å². The average molecular weight is 250 g/mol. The predicted molar refractivity (Wildman–Crippen MR) is 66.4 cm³/mol. The molecular weight excluding hydrogens is 236 g/mol. The first kappa shape index (κ1) is 13.7. The van der Waals surface area contributed by atoms with Crippen LogP contribution in [0.3, 0.4) is 0 Å². The monoisotopic (exact) mass is 250 g/mol. The molecule has 1 aromatic rings. The van der Waals surface area contributed by atoms with E-state index in [9.17, 15) is 14.9 Å². The zero-order valence-electron chi connectivity index (χ0n) is 9.80. The second kappa shape index (κ2) is 7.05. The van der Waals surface area contributed by atoms with Gasteiger partial charge in [0.2, 0.25) is 0 Å². The molecule has 0 aliphatic carbocycles. The zero-order chi connectivity index (χ0) is 13.4. The largest absolute Gasteiger partial charge is 0.484 e. The lowest BCUT2D eigenvalue weighted by molar-refractivity contribution is -0.384. The average Bonchev–Trinajstić information content (AvgIpc) is 2.37. The molecule has 96 valence electrons. The summed E-state index contributed by atoms with van der Waals surface area (Å²) in [4.78, 5) is 21.2. The molecule has 0 atom stereocenters. The maximum atomic E-state index is 11.3. The second-order valence-corrected chi connectivity index (χ2v) is 3.47. The molecule has 0 saturated heterocycles. The lowest BCUT2D eigenvalue weighted by Gasteiger charge is -2.06. The standard InChI is InChI=1S/C12H14N2O4/c1-2-3-8-13-12(15)9-18-11-6-4-10(5-7-11)14(16)17/h2,4-7H,1,3,8-9H2,(H,13,15). The first-order valence-corrected chi connectivity index (χ1v) is 5.38. The van der Waals surface area contributed by atoms with Crippen LogP contribution in [0, 0.1) is 10.1 Å². The van der Waals surface area contributed by atoms with Gasteiger partial charge >= 0.3 is 0 Å². The molecule has 6 nitrogen and oxygen atoms in total. The van der Waals surface area contributed by atoms with Crippen LogP contribution in [-0.4, -0.2) is 24.0 Å². The molecule has 0 saturated carbocycles. The van der Waals surface area contributed by atoms with Gasteiger partial charge in [0.25, 0.3) is 11.6 Å². The van der Waals surface area contributed by atoms with Crippen molar-refractivity contribution in [2.24, 2.45) is 0 Å². The lowest BCUT2D eigenvalue weighted by atomic mass is 10.3. The normalized spacial score (nSPS) is 9.56. The topological polar surface area (TPSA) is 81.5 Å². The Balaban J connectivity index is 2.36. The van der Waals surface area contributed by atoms with Crippen LogP contribution in [0.25, 0.3) is 0 Å². The number of nitro groups is 1. The van der Waals surface area contributed by atoms with E-state index in [0.29, 0.717) is 18.7 Å².